The van der Waals surface area contributed by atoms with Crippen molar-refractivity contribution in [1.29, 1.82) is 0 Å². The van der Waals surface area contributed by atoms with Crippen molar-refractivity contribution in [2.24, 2.45) is 10.7 Å². The third-order valence-corrected chi connectivity index (χ3v) is 2.66. The first-order valence-corrected chi connectivity index (χ1v) is 5.88. The van der Waals surface area contributed by atoms with E-state index < -0.39 is 5.82 Å². The number of hydrogen-bond donors (Lipinski definition) is 1. The van der Waals surface area contributed by atoms with E-state index in [0.717, 1.165) is 11.2 Å². The van der Waals surface area contributed by atoms with Crippen LogP contribution in [0.15, 0.2) is 30.0 Å². The Morgan fingerprint density at radius 1 is 1.76 bits per heavy atom. The standard InChI is InChI=1S/C11H14FN3OS/c1-3-14-10(17-7-13)5-8-4-9(12)6-15-11(8)16-2/h3-4,6H,1,5,7,13H2,2H3. The molecule has 0 aliphatic carbocycles. The summed E-state index contributed by atoms with van der Waals surface area (Å²) in [6.07, 6.45) is 2.96. The molecule has 1 aromatic heterocycles. The van der Waals surface area contributed by atoms with E-state index in [1.54, 1.807) is 0 Å². The van der Waals surface area contributed by atoms with E-state index in [1.165, 1.54) is 31.1 Å². The van der Waals surface area contributed by atoms with Gasteiger partial charge in [-0.25, -0.2) is 9.37 Å². The first-order valence-electron chi connectivity index (χ1n) is 4.90. The molecule has 1 rings (SSSR count). The molecule has 1 heterocycles. The number of rotatable bonds is 5. The molecule has 0 fully saturated rings. The Bertz CT molecular complexity index is 423. The summed E-state index contributed by atoms with van der Waals surface area (Å²) in [6, 6.07) is 1.38. The summed E-state index contributed by atoms with van der Waals surface area (Å²) in [6.45, 7) is 3.52. The van der Waals surface area contributed by atoms with Gasteiger partial charge in [0.25, 0.3) is 0 Å². The number of nitrogens with two attached hydrogens (primary N) is 1. The minimum absolute atomic E-state index is 0.390. The van der Waals surface area contributed by atoms with Crippen molar-refractivity contribution in [3.05, 3.63) is 36.4 Å². The average molecular weight is 255 g/mol. The highest BCUT2D eigenvalue weighted by Gasteiger charge is 2.09. The van der Waals surface area contributed by atoms with Crippen LogP contribution in [0.1, 0.15) is 5.56 Å². The fraction of sp³-hybridized carbons (Fsp3) is 0.273. The van der Waals surface area contributed by atoms with E-state index in [-0.39, 0.29) is 0 Å². The van der Waals surface area contributed by atoms with Gasteiger partial charge in [-0.2, -0.15) is 0 Å². The van der Waals surface area contributed by atoms with Crippen LogP contribution in [0.25, 0.3) is 0 Å². The van der Waals surface area contributed by atoms with Crippen molar-refractivity contribution in [1.82, 2.24) is 4.98 Å². The molecule has 17 heavy (non-hydrogen) atoms. The zero-order valence-corrected chi connectivity index (χ0v) is 10.3. The highest BCUT2D eigenvalue weighted by atomic mass is 32.2. The first-order chi connectivity index (χ1) is 8.21. The Labute approximate surface area is 104 Å². The van der Waals surface area contributed by atoms with Crippen molar-refractivity contribution >= 4 is 16.8 Å². The third kappa shape index (κ3) is 4.16. The minimum Gasteiger partial charge on any atom is -0.481 e. The summed E-state index contributed by atoms with van der Waals surface area (Å²) in [5.41, 5.74) is 6.07. The maximum absolute atomic E-state index is 13.1. The molecule has 0 saturated heterocycles. The highest BCUT2D eigenvalue weighted by molar-refractivity contribution is 8.13. The Kier molecular flexibility index (Phi) is 5.65. The first kappa shape index (κ1) is 13.7. The second kappa shape index (κ2) is 7.03. The highest BCUT2D eigenvalue weighted by Crippen LogP contribution is 2.19. The molecule has 0 aliphatic rings. The number of pyridine rings is 1. The van der Waals surface area contributed by atoms with Crippen LogP contribution in [-0.4, -0.2) is 23.0 Å². The normalized spacial score (nSPS) is 11.4. The van der Waals surface area contributed by atoms with Crippen LogP contribution in [0.5, 0.6) is 5.88 Å². The van der Waals surface area contributed by atoms with E-state index in [9.17, 15) is 4.39 Å². The lowest BCUT2D eigenvalue weighted by atomic mass is 10.2. The lowest BCUT2D eigenvalue weighted by Gasteiger charge is -2.08. The number of methoxy groups -OCH3 is 1. The molecule has 0 unspecified atom stereocenters. The summed E-state index contributed by atoms with van der Waals surface area (Å²) in [5.74, 6) is 0.384. The summed E-state index contributed by atoms with van der Waals surface area (Å²) >= 11 is 1.37. The number of thioether (sulfide) groups is 1. The van der Waals surface area contributed by atoms with E-state index in [4.69, 9.17) is 10.5 Å². The Morgan fingerprint density at radius 3 is 3.12 bits per heavy atom. The van der Waals surface area contributed by atoms with Crippen LogP contribution in [0, 0.1) is 5.82 Å². The fourth-order valence-electron chi connectivity index (χ4n) is 1.27. The predicted octanol–water partition coefficient (Wildman–Crippen LogP) is 1.96. The Hall–Kier alpha value is -1.40. The summed E-state index contributed by atoms with van der Waals surface area (Å²) in [5, 5.41) is 0.744. The SMILES string of the molecule is C=CN=C(Cc1cc(F)cnc1OC)SCN. The van der Waals surface area contributed by atoms with Crippen LogP contribution >= 0.6 is 11.8 Å². The van der Waals surface area contributed by atoms with Gasteiger partial charge in [-0.15, -0.1) is 0 Å². The number of hydrogen-bond acceptors (Lipinski definition) is 5. The van der Waals surface area contributed by atoms with Gasteiger partial charge in [0, 0.05) is 24.1 Å². The van der Waals surface area contributed by atoms with Gasteiger partial charge in [0.2, 0.25) is 5.88 Å². The zero-order valence-electron chi connectivity index (χ0n) is 9.52. The average Bonchev–Trinajstić information content (AvgIpc) is 2.30. The Balaban J connectivity index is 2.95. The van der Waals surface area contributed by atoms with Crippen LogP contribution in [0.2, 0.25) is 0 Å². The smallest absolute Gasteiger partial charge is 0.216 e. The topological polar surface area (TPSA) is 60.5 Å². The molecule has 4 nitrogen and oxygen atoms in total. The maximum Gasteiger partial charge on any atom is 0.216 e. The predicted molar refractivity (Wildman–Crippen MR) is 68.7 cm³/mol. The molecule has 0 bridgehead atoms. The van der Waals surface area contributed by atoms with E-state index in [2.05, 4.69) is 16.6 Å². The van der Waals surface area contributed by atoms with Gasteiger partial charge < -0.3 is 10.5 Å². The van der Waals surface area contributed by atoms with Crippen molar-refractivity contribution in [2.75, 3.05) is 13.0 Å². The van der Waals surface area contributed by atoms with Gasteiger partial charge in [-0.3, -0.25) is 4.99 Å². The van der Waals surface area contributed by atoms with Gasteiger partial charge in [0.05, 0.1) is 18.4 Å². The van der Waals surface area contributed by atoms with Crippen LogP contribution in [-0.2, 0) is 6.42 Å². The summed E-state index contributed by atoms with van der Waals surface area (Å²) < 4.78 is 18.2. The molecule has 0 saturated carbocycles. The summed E-state index contributed by atoms with van der Waals surface area (Å²) in [7, 11) is 1.49. The molecule has 6 heteroatoms. The molecule has 0 atom stereocenters. The molecule has 0 aromatic carbocycles. The van der Waals surface area contributed by atoms with Crippen molar-refractivity contribution < 1.29 is 9.13 Å². The number of aromatic nitrogens is 1. The van der Waals surface area contributed by atoms with Gasteiger partial charge in [0.1, 0.15) is 5.82 Å². The van der Waals surface area contributed by atoms with Gasteiger partial charge >= 0.3 is 0 Å². The number of ether oxygens (including phenoxy) is 1. The second-order valence-electron chi connectivity index (χ2n) is 3.02. The lowest BCUT2D eigenvalue weighted by molar-refractivity contribution is 0.391. The van der Waals surface area contributed by atoms with E-state index in [0.29, 0.717) is 23.7 Å². The molecule has 0 amide bonds. The fourth-order valence-corrected chi connectivity index (χ4v) is 1.87. The number of halogens is 1. The van der Waals surface area contributed by atoms with E-state index in [1.807, 2.05) is 0 Å². The molecule has 92 valence electrons. The molecule has 0 radical (unpaired) electrons. The van der Waals surface area contributed by atoms with Gasteiger partial charge in [0.15, 0.2) is 0 Å². The minimum atomic E-state index is -0.406. The molecule has 0 spiro atoms. The third-order valence-electron chi connectivity index (χ3n) is 1.91. The zero-order chi connectivity index (χ0) is 12.7. The van der Waals surface area contributed by atoms with Crippen LogP contribution < -0.4 is 10.5 Å². The van der Waals surface area contributed by atoms with Crippen LogP contribution in [0.3, 0.4) is 0 Å². The van der Waals surface area contributed by atoms with E-state index >= 15 is 0 Å². The Morgan fingerprint density at radius 2 is 2.53 bits per heavy atom. The molecule has 0 aliphatic heterocycles. The molecule has 2 N–H and O–H groups in total. The molecular formula is C11H14FN3OS. The molecular weight excluding hydrogens is 241 g/mol. The van der Waals surface area contributed by atoms with Crippen LogP contribution in [0.4, 0.5) is 4.39 Å². The largest absolute Gasteiger partial charge is 0.481 e. The lowest BCUT2D eigenvalue weighted by Crippen LogP contribution is -2.06. The van der Waals surface area contributed by atoms with Gasteiger partial charge in [-0.1, -0.05) is 18.3 Å². The number of nitrogens with zero attached hydrogens (tertiary/aromatic N) is 2. The number of aliphatic imine (C=N–C) groups is 1. The molecule has 1 aromatic rings. The quantitative estimate of drug-likeness (QED) is 0.496. The summed E-state index contributed by atoms with van der Waals surface area (Å²) in [4.78, 5) is 7.92. The second-order valence-corrected chi connectivity index (χ2v) is 4.11. The van der Waals surface area contributed by atoms with Crippen molar-refractivity contribution in [2.45, 2.75) is 6.42 Å². The van der Waals surface area contributed by atoms with Crippen molar-refractivity contribution in [3.63, 3.8) is 0 Å². The van der Waals surface area contributed by atoms with Crippen molar-refractivity contribution in [3.8, 4) is 5.88 Å². The maximum atomic E-state index is 13.1. The monoisotopic (exact) mass is 255 g/mol. The van der Waals surface area contributed by atoms with Gasteiger partial charge in [-0.05, 0) is 6.07 Å².